The van der Waals surface area contributed by atoms with Crippen LogP contribution in [0.4, 0.5) is 4.79 Å². The molecule has 1 unspecified atom stereocenters. The van der Waals surface area contributed by atoms with E-state index in [0.717, 1.165) is 24.8 Å². The van der Waals surface area contributed by atoms with Gasteiger partial charge in [-0.25, -0.2) is 9.59 Å². The first kappa shape index (κ1) is 20.0. The minimum Gasteiger partial charge on any atom is -0.463 e. The molecule has 0 bridgehead atoms. The molecular formula is C21H29NO4. The Kier molecular flexibility index (Phi) is 6.83. The van der Waals surface area contributed by atoms with Crippen molar-refractivity contribution in [3.05, 3.63) is 41.0 Å². The summed E-state index contributed by atoms with van der Waals surface area (Å²) in [5, 5.41) is 2.87. The van der Waals surface area contributed by atoms with Crippen LogP contribution in [-0.2, 0) is 27.1 Å². The van der Waals surface area contributed by atoms with E-state index in [1.165, 1.54) is 17.2 Å². The first-order chi connectivity index (χ1) is 12.3. The van der Waals surface area contributed by atoms with Crippen LogP contribution in [0, 0.1) is 5.92 Å². The van der Waals surface area contributed by atoms with Crippen molar-refractivity contribution in [1.29, 1.82) is 0 Å². The number of ether oxygens (including phenoxy) is 2. The minimum atomic E-state index is -0.483. The molecule has 0 radical (unpaired) electrons. The smallest absolute Gasteiger partial charge is 0.407 e. The molecule has 1 N–H and O–H groups in total. The number of rotatable bonds is 5. The van der Waals surface area contributed by atoms with Gasteiger partial charge >= 0.3 is 12.1 Å². The van der Waals surface area contributed by atoms with Crippen molar-refractivity contribution >= 4 is 18.1 Å². The average molecular weight is 359 g/mol. The standard InChI is InChI=1S/C21H29NO4/c1-5-25-19(23)11-8-15-6-9-17-10-7-16(13-18(17)12-15)14-22-20(24)26-21(2,3)4/h6,8-9,11-12,16H,5,7,10,13-14H2,1-4H3,(H,22,24). The summed E-state index contributed by atoms with van der Waals surface area (Å²) in [6.45, 7) is 8.34. The van der Waals surface area contributed by atoms with Gasteiger partial charge in [-0.15, -0.1) is 0 Å². The van der Waals surface area contributed by atoms with Crippen molar-refractivity contribution in [2.45, 2.75) is 52.6 Å². The molecule has 0 saturated heterocycles. The van der Waals surface area contributed by atoms with E-state index < -0.39 is 5.60 Å². The molecule has 2 rings (SSSR count). The zero-order valence-electron chi connectivity index (χ0n) is 16.1. The van der Waals surface area contributed by atoms with Gasteiger partial charge in [0, 0.05) is 12.6 Å². The van der Waals surface area contributed by atoms with Crippen molar-refractivity contribution in [2.24, 2.45) is 5.92 Å². The van der Waals surface area contributed by atoms with Crippen LogP contribution in [0.25, 0.3) is 6.08 Å². The molecule has 0 fully saturated rings. The van der Waals surface area contributed by atoms with Gasteiger partial charge in [-0.3, -0.25) is 0 Å². The van der Waals surface area contributed by atoms with Gasteiger partial charge in [0.1, 0.15) is 5.60 Å². The van der Waals surface area contributed by atoms with Crippen LogP contribution in [0.5, 0.6) is 0 Å². The van der Waals surface area contributed by atoms with E-state index in [9.17, 15) is 9.59 Å². The summed E-state index contributed by atoms with van der Waals surface area (Å²) >= 11 is 0. The van der Waals surface area contributed by atoms with E-state index in [-0.39, 0.29) is 12.1 Å². The Balaban J connectivity index is 1.93. The second-order valence-electron chi connectivity index (χ2n) is 7.61. The zero-order valence-corrected chi connectivity index (χ0v) is 16.1. The number of benzene rings is 1. The van der Waals surface area contributed by atoms with E-state index in [1.807, 2.05) is 26.8 Å². The molecule has 142 valence electrons. The Morgan fingerprint density at radius 1 is 1.27 bits per heavy atom. The van der Waals surface area contributed by atoms with Crippen molar-refractivity contribution < 1.29 is 19.1 Å². The van der Waals surface area contributed by atoms with Crippen LogP contribution in [0.1, 0.15) is 50.8 Å². The van der Waals surface area contributed by atoms with Gasteiger partial charge in [-0.2, -0.15) is 0 Å². The van der Waals surface area contributed by atoms with E-state index in [0.29, 0.717) is 19.1 Å². The maximum absolute atomic E-state index is 11.8. The second kappa shape index (κ2) is 8.88. The lowest BCUT2D eigenvalue weighted by molar-refractivity contribution is -0.137. The highest BCUT2D eigenvalue weighted by molar-refractivity contribution is 5.87. The van der Waals surface area contributed by atoms with E-state index in [1.54, 1.807) is 13.0 Å². The first-order valence-electron chi connectivity index (χ1n) is 9.20. The summed E-state index contributed by atoms with van der Waals surface area (Å²) in [4.78, 5) is 23.3. The predicted octanol–water partition coefficient (Wildman–Crippen LogP) is 3.89. The van der Waals surface area contributed by atoms with Crippen LogP contribution < -0.4 is 5.32 Å². The van der Waals surface area contributed by atoms with Gasteiger partial charge in [0.05, 0.1) is 6.61 Å². The van der Waals surface area contributed by atoms with Crippen molar-refractivity contribution in [2.75, 3.05) is 13.2 Å². The number of carbonyl (C=O) groups is 2. The fourth-order valence-electron chi connectivity index (χ4n) is 3.03. The Labute approximate surface area is 155 Å². The molecule has 0 saturated carbocycles. The van der Waals surface area contributed by atoms with Gasteiger partial charge in [0.15, 0.2) is 0 Å². The summed E-state index contributed by atoms with van der Waals surface area (Å²) in [5.41, 5.74) is 3.12. The fraction of sp³-hybridized carbons (Fsp3) is 0.524. The highest BCUT2D eigenvalue weighted by atomic mass is 16.6. The number of hydrogen-bond acceptors (Lipinski definition) is 4. The fourth-order valence-corrected chi connectivity index (χ4v) is 3.03. The summed E-state index contributed by atoms with van der Waals surface area (Å²) < 4.78 is 10.2. The molecule has 1 aromatic carbocycles. The molecule has 1 atom stereocenters. The Morgan fingerprint density at radius 2 is 2.04 bits per heavy atom. The zero-order chi connectivity index (χ0) is 19.2. The lowest BCUT2D eigenvalue weighted by Crippen LogP contribution is -2.36. The molecule has 1 aliphatic rings. The predicted molar refractivity (Wildman–Crippen MR) is 102 cm³/mol. The SMILES string of the molecule is CCOC(=O)C=Cc1ccc2c(c1)CC(CNC(=O)OC(C)(C)C)CC2. The van der Waals surface area contributed by atoms with Crippen molar-refractivity contribution in [1.82, 2.24) is 5.32 Å². The van der Waals surface area contributed by atoms with Crippen molar-refractivity contribution in [3.63, 3.8) is 0 Å². The molecular weight excluding hydrogens is 330 g/mol. The molecule has 1 aromatic rings. The Bertz CT molecular complexity index is 673. The average Bonchev–Trinajstić information content (AvgIpc) is 2.56. The second-order valence-corrected chi connectivity index (χ2v) is 7.61. The molecule has 0 aromatic heterocycles. The van der Waals surface area contributed by atoms with Crippen LogP contribution in [0.3, 0.4) is 0 Å². The van der Waals surface area contributed by atoms with E-state index >= 15 is 0 Å². The minimum absolute atomic E-state index is 0.329. The van der Waals surface area contributed by atoms with Gasteiger partial charge in [0.25, 0.3) is 0 Å². The van der Waals surface area contributed by atoms with Gasteiger partial charge < -0.3 is 14.8 Å². The van der Waals surface area contributed by atoms with Gasteiger partial charge in [0.2, 0.25) is 0 Å². The number of carbonyl (C=O) groups excluding carboxylic acids is 2. The first-order valence-corrected chi connectivity index (χ1v) is 9.20. The lowest BCUT2D eigenvalue weighted by Gasteiger charge is -2.26. The van der Waals surface area contributed by atoms with Crippen LogP contribution in [0.2, 0.25) is 0 Å². The molecule has 0 aliphatic heterocycles. The molecule has 0 heterocycles. The monoisotopic (exact) mass is 359 g/mol. The quantitative estimate of drug-likeness (QED) is 0.640. The third-order valence-corrected chi connectivity index (χ3v) is 4.19. The number of esters is 1. The third-order valence-electron chi connectivity index (χ3n) is 4.19. The summed E-state index contributed by atoms with van der Waals surface area (Å²) in [7, 11) is 0. The topological polar surface area (TPSA) is 64.6 Å². The molecule has 0 spiro atoms. The summed E-state index contributed by atoms with van der Waals surface area (Å²) in [6, 6.07) is 6.26. The highest BCUT2D eigenvalue weighted by Gasteiger charge is 2.21. The Morgan fingerprint density at radius 3 is 2.73 bits per heavy atom. The largest absolute Gasteiger partial charge is 0.463 e. The highest BCUT2D eigenvalue weighted by Crippen LogP contribution is 2.26. The number of amides is 1. The number of hydrogen-bond donors (Lipinski definition) is 1. The summed E-state index contributed by atoms with van der Waals surface area (Å²) in [5.74, 6) is 0.0592. The van der Waals surface area contributed by atoms with Gasteiger partial charge in [-0.05, 0) is 75.6 Å². The van der Waals surface area contributed by atoms with Gasteiger partial charge in [-0.1, -0.05) is 18.2 Å². The van der Waals surface area contributed by atoms with Crippen LogP contribution in [0.15, 0.2) is 24.3 Å². The Hall–Kier alpha value is -2.30. The maximum Gasteiger partial charge on any atom is 0.407 e. The molecule has 5 heteroatoms. The third kappa shape index (κ3) is 6.54. The molecule has 5 nitrogen and oxygen atoms in total. The van der Waals surface area contributed by atoms with E-state index in [4.69, 9.17) is 9.47 Å². The normalized spacial score (nSPS) is 16.8. The number of aryl methyl sites for hydroxylation is 1. The number of alkyl carbamates (subject to hydrolysis) is 1. The molecule has 26 heavy (non-hydrogen) atoms. The molecule has 1 aliphatic carbocycles. The van der Waals surface area contributed by atoms with Crippen LogP contribution >= 0.6 is 0 Å². The van der Waals surface area contributed by atoms with Crippen molar-refractivity contribution in [3.8, 4) is 0 Å². The molecule has 1 amide bonds. The van der Waals surface area contributed by atoms with Crippen LogP contribution in [-0.4, -0.2) is 30.8 Å². The number of fused-ring (bicyclic) bond motifs is 1. The lowest BCUT2D eigenvalue weighted by atomic mass is 9.83. The number of nitrogens with one attached hydrogen (secondary N) is 1. The summed E-state index contributed by atoms with van der Waals surface area (Å²) in [6.07, 6.45) is 5.82. The maximum atomic E-state index is 11.8. The van der Waals surface area contributed by atoms with E-state index in [2.05, 4.69) is 17.4 Å².